The third kappa shape index (κ3) is 2.75. The van der Waals surface area contributed by atoms with Crippen molar-refractivity contribution in [3.05, 3.63) is 88.7 Å². The normalized spacial score (nSPS) is 12.3. The van der Waals surface area contributed by atoms with E-state index in [2.05, 4.69) is 74.2 Å². The molecule has 0 saturated carbocycles. The van der Waals surface area contributed by atoms with Gasteiger partial charge < -0.3 is 5.73 Å². The summed E-state index contributed by atoms with van der Waals surface area (Å²) in [6.45, 7) is 0.745. The van der Waals surface area contributed by atoms with Gasteiger partial charge in [0, 0.05) is 12.6 Å². The first-order valence-electron chi connectivity index (χ1n) is 9.91. The molecule has 30 heavy (non-hydrogen) atoms. The summed E-state index contributed by atoms with van der Waals surface area (Å²) in [4.78, 5) is 4.23. The van der Waals surface area contributed by atoms with Gasteiger partial charge >= 0.3 is 0 Å². The first-order valence-corrected chi connectivity index (χ1v) is 9.91. The van der Waals surface area contributed by atoms with E-state index in [0.29, 0.717) is 17.9 Å². The molecular weight excluding hydrogens is 374 g/mol. The molecule has 0 saturated heterocycles. The summed E-state index contributed by atoms with van der Waals surface area (Å²) in [6, 6.07) is 17.1. The summed E-state index contributed by atoms with van der Waals surface area (Å²) in [5.74, 6) is 0.454. The van der Waals surface area contributed by atoms with E-state index in [1.54, 1.807) is 0 Å². The average molecular weight is 393 g/mol. The quantitative estimate of drug-likeness (QED) is 0.479. The Morgan fingerprint density at radius 2 is 1.93 bits per heavy atom. The van der Waals surface area contributed by atoms with Crippen LogP contribution in [0.15, 0.2) is 60.9 Å². The van der Waals surface area contributed by atoms with Crippen LogP contribution in [0.5, 0.6) is 0 Å². The standard InChI is InChI=1S/C23H19N7/c24-21-10-17(22-23(26-21)28-29-27-22)8-14-11-25-30(12-14)13-16-5-3-7-19-18-6-2-1-4-15(18)9-20(16)19/h1-7,10-12H,8-9,13H2,(H3,24,26,27,28,29). The zero-order chi connectivity index (χ0) is 20.1. The maximum absolute atomic E-state index is 5.93. The van der Waals surface area contributed by atoms with Crippen LogP contribution in [0.2, 0.25) is 0 Å². The SMILES string of the molecule is Nc1cc(Cc2cnn(Cc3cccc4c3Cc3ccccc3-4)c2)c2nn[nH]c2n1. The van der Waals surface area contributed by atoms with Crippen molar-refractivity contribution >= 4 is 17.0 Å². The second kappa shape index (κ2) is 6.52. The molecule has 7 nitrogen and oxygen atoms in total. The number of aromatic amines is 1. The van der Waals surface area contributed by atoms with E-state index in [9.17, 15) is 0 Å². The highest BCUT2D eigenvalue weighted by molar-refractivity contribution is 5.78. The highest BCUT2D eigenvalue weighted by atomic mass is 15.3. The molecule has 0 fully saturated rings. The van der Waals surface area contributed by atoms with Crippen molar-refractivity contribution in [1.29, 1.82) is 0 Å². The van der Waals surface area contributed by atoms with Crippen LogP contribution in [0.4, 0.5) is 5.82 Å². The van der Waals surface area contributed by atoms with E-state index in [0.717, 1.165) is 29.6 Å². The van der Waals surface area contributed by atoms with Gasteiger partial charge in [0.1, 0.15) is 11.3 Å². The number of hydrogen-bond acceptors (Lipinski definition) is 5. The van der Waals surface area contributed by atoms with Crippen LogP contribution in [0, 0.1) is 0 Å². The number of benzene rings is 2. The fraction of sp³-hybridized carbons (Fsp3) is 0.130. The van der Waals surface area contributed by atoms with Gasteiger partial charge in [-0.3, -0.25) is 4.68 Å². The first kappa shape index (κ1) is 16.9. The largest absolute Gasteiger partial charge is 0.384 e. The Bertz CT molecular complexity index is 1400. The zero-order valence-electron chi connectivity index (χ0n) is 16.2. The molecular formula is C23H19N7. The molecule has 0 radical (unpaired) electrons. The van der Waals surface area contributed by atoms with Gasteiger partial charge in [0.2, 0.25) is 0 Å². The predicted octanol–water partition coefficient (Wildman–Crippen LogP) is 3.34. The fourth-order valence-electron chi connectivity index (χ4n) is 4.41. The molecule has 0 aliphatic heterocycles. The van der Waals surface area contributed by atoms with Gasteiger partial charge in [0.15, 0.2) is 5.65 Å². The van der Waals surface area contributed by atoms with E-state index in [4.69, 9.17) is 5.73 Å². The molecule has 3 N–H and O–H groups in total. The Labute approximate surface area is 172 Å². The molecule has 0 amide bonds. The molecule has 0 spiro atoms. The van der Waals surface area contributed by atoms with Gasteiger partial charge in [-0.1, -0.05) is 47.7 Å². The average Bonchev–Trinajstić information content (AvgIpc) is 3.47. The molecule has 2 aromatic carbocycles. The molecule has 1 aliphatic carbocycles. The Morgan fingerprint density at radius 1 is 1.03 bits per heavy atom. The number of hydrogen-bond donors (Lipinski definition) is 2. The number of anilines is 1. The molecule has 3 heterocycles. The lowest BCUT2D eigenvalue weighted by atomic mass is 10.0. The number of nitrogens with two attached hydrogens (primary N) is 1. The topological polar surface area (TPSA) is 98.3 Å². The lowest BCUT2D eigenvalue weighted by Crippen LogP contribution is -2.03. The van der Waals surface area contributed by atoms with Gasteiger partial charge in [-0.25, -0.2) is 10.1 Å². The number of nitrogens with one attached hydrogen (secondary N) is 1. The van der Waals surface area contributed by atoms with Crippen LogP contribution in [0.25, 0.3) is 22.3 Å². The number of aromatic nitrogens is 6. The van der Waals surface area contributed by atoms with Crippen LogP contribution in [-0.4, -0.2) is 30.2 Å². The zero-order valence-corrected chi connectivity index (χ0v) is 16.2. The second-order valence-corrected chi connectivity index (χ2v) is 7.72. The maximum atomic E-state index is 5.93. The van der Waals surface area contributed by atoms with Crippen molar-refractivity contribution in [3.63, 3.8) is 0 Å². The Kier molecular flexibility index (Phi) is 3.67. The number of H-pyrrole nitrogens is 1. The molecule has 0 bridgehead atoms. The smallest absolute Gasteiger partial charge is 0.178 e. The Hall–Kier alpha value is -4.00. The first-order chi connectivity index (χ1) is 14.7. The molecule has 0 unspecified atom stereocenters. The summed E-state index contributed by atoms with van der Waals surface area (Å²) < 4.78 is 2.00. The summed E-state index contributed by atoms with van der Waals surface area (Å²) in [5.41, 5.74) is 16.2. The van der Waals surface area contributed by atoms with E-state index in [1.165, 1.54) is 27.8 Å². The molecule has 3 aromatic heterocycles. The van der Waals surface area contributed by atoms with E-state index in [-0.39, 0.29) is 0 Å². The third-order valence-corrected chi connectivity index (χ3v) is 5.76. The van der Waals surface area contributed by atoms with Crippen LogP contribution in [0.1, 0.15) is 27.8 Å². The van der Waals surface area contributed by atoms with Crippen molar-refractivity contribution < 1.29 is 0 Å². The maximum Gasteiger partial charge on any atom is 0.178 e. The lowest BCUT2D eigenvalue weighted by Gasteiger charge is -2.09. The minimum Gasteiger partial charge on any atom is -0.384 e. The van der Waals surface area contributed by atoms with E-state index >= 15 is 0 Å². The molecule has 5 aromatic rings. The summed E-state index contributed by atoms with van der Waals surface area (Å²) in [6.07, 6.45) is 5.65. The third-order valence-electron chi connectivity index (χ3n) is 5.76. The van der Waals surface area contributed by atoms with Crippen molar-refractivity contribution in [2.45, 2.75) is 19.4 Å². The van der Waals surface area contributed by atoms with Crippen molar-refractivity contribution in [2.24, 2.45) is 0 Å². The van der Waals surface area contributed by atoms with Crippen LogP contribution >= 0.6 is 0 Å². The number of pyridine rings is 1. The van der Waals surface area contributed by atoms with Crippen molar-refractivity contribution in [3.8, 4) is 11.1 Å². The monoisotopic (exact) mass is 393 g/mol. The van der Waals surface area contributed by atoms with E-state index < -0.39 is 0 Å². The molecule has 146 valence electrons. The highest BCUT2D eigenvalue weighted by Gasteiger charge is 2.20. The van der Waals surface area contributed by atoms with Crippen LogP contribution in [0.3, 0.4) is 0 Å². The van der Waals surface area contributed by atoms with Gasteiger partial charge in [0.05, 0.1) is 12.7 Å². The lowest BCUT2D eigenvalue weighted by molar-refractivity contribution is 0.682. The minimum absolute atomic E-state index is 0.454. The number of nitrogen functional groups attached to an aromatic ring is 1. The van der Waals surface area contributed by atoms with Gasteiger partial charge in [-0.05, 0) is 51.4 Å². The summed E-state index contributed by atoms with van der Waals surface area (Å²) in [7, 11) is 0. The molecule has 6 rings (SSSR count). The van der Waals surface area contributed by atoms with Crippen molar-refractivity contribution in [1.82, 2.24) is 30.2 Å². The summed E-state index contributed by atoms with van der Waals surface area (Å²) >= 11 is 0. The Morgan fingerprint density at radius 3 is 2.90 bits per heavy atom. The van der Waals surface area contributed by atoms with Crippen LogP contribution in [-0.2, 0) is 19.4 Å². The number of fused-ring (bicyclic) bond motifs is 4. The van der Waals surface area contributed by atoms with Gasteiger partial charge in [-0.2, -0.15) is 5.10 Å². The van der Waals surface area contributed by atoms with Gasteiger partial charge in [-0.15, -0.1) is 5.10 Å². The molecule has 0 atom stereocenters. The van der Waals surface area contributed by atoms with E-state index in [1.807, 2.05) is 16.9 Å². The molecule has 1 aliphatic rings. The fourth-order valence-corrected chi connectivity index (χ4v) is 4.41. The van der Waals surface area contributed by atoms with Crippen LogP contribution < -0.4 is 5.73 Å². The minimum atomic E-state index is 0.454. The number of nitrogens with zero attached hydrogens (tertiary/aromatic N) is 5. The predicted molar refractivity (Wildman–Crippen MR) is 115 cm³/mol. The second-order valence-electron chi connectivity index (χ2n) is 7.72. The van der Waals surface area contributed by atoms with Crippen molar-refractivity contribution in [2.75, 3.05) is 5.73 Å². The number of rotatable bonds is 4. The highest BCUT2D eigenvalue weighted by Crippen LogP contribution is 2.38. The van der Waals surface area contributed by atoms with Gasteiger partial charge in [0.25, 0.3) is 0 Å². The summed E-state index contributed by atoms with van der Waals surface area (Å²) in [5, 5.41) is 15.4. The Balaban J connectivity index is 1.28. The molecule has 7 heteroatoms.